The summed E-state index contributed by atoms with van der Waals surface area (Å²) in [6.07, 6.45) is 1.95. The first-order valence-corrected chi connectivity index (χ1v) is 10.5. The molecule has 0 unspecified atom stereocenters. The molecule has 0 aliphatic rings. The fourth-order valence-corrected chi connectivity index (χ4v) is 3.31. The van der Waals surface area contributed by atoms with E-state index >= 15 is 0 Å². The Morgan fingerprint density at radius 2 is 1.55 bits per heavy atom. The summed E-state index contributed by atoms with van der Waals surface area (Å²) in [5, 5.41) is 6.28. The molecule has 0 saturated carbocycles. The van der Waals surface area contributed by atoms with Gasteiger partial charge in [0.2, 0.25) is 5.91 Å². The molecule has 1 atom stereocenters. The minimum Gasteiger partial charge on any atom is -0.354 e. The summed E-state index contributed by atoms with van der Waals surface area (Å²) in [5.74, 6) is -1.12. The van der Waals surface area contributed by atoms with Crippen LogP contribution in [-0.4, -0.2) is 24.4 Å². The fourth-order valence-electron chi connectivity index (χ4n) is 3.18. The number of nitrogens with one attached hydrogen (secondary N) is 2. The summed E-state index contributed by atoms with van der Waals surface area (Å²) >= 11 is 5.94. The summed E-state index contributed by atoms with van der Waals surface area (Å²) in [6, 6.07) is 21.6. The van der Waals surface area contributed by atoms with Crippen molar-refractivity contribution < 1.29 is 14.0 Å². The first-order valence-electron chi connectivity index (χ1n) is 10.1. The van der Waals surface area contributed by atoms with Gasteiger partial charge in [0, 0.05) is 23.6 Å². The van der Waals surface area contributed by atoms with Gasteiger partial charge in [0.25, 0.3) is 5.91 Å². The zero-order valence-electron chi connectivity index (χ0n) is 17.0. The Bertz CT molecular complexity index is 992. The van der Waals surface area contributed by atoms with Gasteiger partial charge in [-0.1, -0.05) is 54.1 Å². The van der Waals surface area contributed by atoms with Gasteiger partial charge in [0.05, 0.1) is 0 Å². The maximum Gasteiger partial charge on any atom is 0.251 e. The molecule has 2 amide bonds. The topological polar surface area (TPSA) is 58.2 Å². The highest BCUT2D eigenvalue weighted by Crippen LogP contribution is 2.12. The fraction of sp³-hybridized carbons (Fsp3) is 0.200. The van der Waals surface area contributed by atoms with Gasteiger partial charge in [0.15, 0.2) is 0 Å². The van der Waals surface area contributed by atoms with E-state index in [2.05, 4.69) is 10.6 Å². The molecule has 160 valence electrons. The van der Waals surface area contributed by atoms with Crippen LogP contribution in [0.2, 0.25) is 5.02 Å². The SMILES string of the molecule is O=C(N[C@@H](Cc1ccc(Cl)cc1)C(=O)NCCCc1ccccc1)c1ccc(F)cc1. The zero-order chi connectivity index (χ0) is 22.1. The van der Waals surface area contributed by atoms with Crippen LogP contribution in [0.15, 0.2) is 78.9 Å². The number of rotatable bonds is 9. The van der Waals surface area contributed by atoms with Crippen LogP contribution in [0.4, 0.5) is 4.39 Å². The van der Waals surface area contributed by atoms with Gasteiger partial charge in [-0.3, -0.25) is 9.59 Å². The number of halogens is 2. The standard InChI is InChI=1S/C25H24ClFN2O2/c26-21-12-8-19(9-13-21)17-23(29-24(30)20-10-14-22(27)15-11-20)25(31)28-16-4-7-18-5-2-1-3-6-18/h1-3,5-6,8-15,23H,4,7,16-17H2,(H,28,31)(H,29,30)/t23-/m0/s1. The van der Waals surface area contributed by atoms with Crippen molar-refractivity contribution in [1.29, 1.82) is 0 Å². The summed E-state index contributed by atoms with van der Waals surface area (Å²) in [7, 11) is 0. The van der Waals surface area contributed by atoms with Crippen LogP contribution < -0.4 is 10.6 Å². The van der Waals surface area contributed by atoms with E-state index in [4.69, 9.17) is 11.6 Å². The molecule has 2 N–H and O–H groups in total. The Hall–Kier alpha value is -3.18. The smallest absolute Gasteiger partial charge is 0.251 e. The molecule has 0 bridgehead atoms. The van der Waals surface area contributed by atoms with E-state index < -0.39 is 17.8 Å². The second-order valence-corrected chi connectivity index (χ2v) is 7.68. The van der Waals surface area contributed by atoms with Gasteiger partial charge in [0.1, 0.15) is 11.9 Å². The summed E-state index contributed by atoms with van der Waals surface area (Å²) < 4.78 is 13.1. The third-order valence-corrected chi connectivity index (χ3v) is 5.12. The van der Waals surface area contributed by atoms with Crippen LogP contribution in [-0.2, 0) is 17.6 Å². The summed E-state index contributed by atoms with van der Waals surface area (Å²) in [4.78, 5) is 25.4. The molecule has 3 aromatic carbocycles. The second-order valence-electron chi connectivity index (χ2n) is 7.24. The highest BCUT2D eigenvalue weighted by molar-refractivity contribution is 6.30. The first-order chi connectivity index (χ1) is 15.0. The summed E-state index contributed by atoms with van der Waals surface area (Å²) in [5.41, 5.74) is 2.37. The molecule has 0 radical (unpaired) electrons. The van der Waals surface area contributed by atoms with Crippen LogP contribution in [0, 0.1) is 5.82 Å². The molecule has 0 aromatic heterocycles. The van der Waals surface area contributed by atoms with Crippen molar-refractivity contribution in [1.82, 2.24) is 10.6 Å². The van der Waals surface area contributed by atoms with Crippen LogP contribution in [0.25, 0.3) is 0 Å². The van der Waals surface area contributed by atoms with E-state index in [1.165, 1.54) is 29.8 Å². The minimum atomic E-state index is -0.768. The zero-order valence-corrected chi connectivity index (χ0v) is 17.7. The van der Waals surface area contributed by atoms with Gasteiger partial charge in [-0.15, -0.1) is 0 Å². The largest absolute Gasteiger partial charge is 0.354 e. The van der Waals surface area contributed by atoms with E-state index in [1.54, 1.807) is 12.1 Å². The number of hydrogen-bond acceptors (Lipinski definition) is 2. The Balaban J connectivity index is 1.62. The first kappa shape index (κ1) is 22.5. The predicted octanol–water partition coefficient (Wildman–Crippen LogP) is 4.57. The Labute approximate surface area is 186 Å². The molecule has 0 spiro atoms. The van der Waals surface area contributed by atoms with Gasteiger partial charge in [-0.05, 0) is 60.4 Å². The molecule has 0 aliphatic heterocycles. The Morgan fingerprint density at radius 1 is 0.871 bits per heavy atom. The van der Waals surface area contributed by atoms with Crippen LogP contribution in [0.3, 0.4) is 0 Å². The average molecular weight is 439 g/mol. The third-order valence-electron chi connectivity index (χ3n) is 4.87. The quantitative estimate of drug-likeness (QED) is 0.481. The highest BCUT2D eigenvalue weighted by Gasteiger charge is 2.22. The monoisotopic (exact) mass is 438 g/mol. The molecule has 0 saturated heterocycles. The molecule has 4 nitrogen and oxygen atoms in total. The molecule has 3 aromatic rings. The normalized spacial score (nSPS) is 11.5. The van der Waals surface area contributed by atoms with Gasteiger partial charge < -0.3 is 10.6 Å². The van der Waals surface area contributed by atoms with E-state index in [-0.39, 0.29) is 5.91 Å². The lowest BCUT2D eigenvalue weighted by Crippen LogP contribution is -2.48. The average Bonchev–Trinajstić information content (AvgIpc) is 2.78. The van der Waals surface area contributed by atoms with Crippen LogP contribution in [0.1, 0.15) is 27.9 Å². The number of carbonyl (C=O) groups is 2. The lowest BCUT2D eigenvalue weighted by atomic mass is 10.0. The second kappa shape index (κ2) is 11.3. The van der Waals surface area contributed by atoms with E-state index in [1.807, 2.05) is 42.5 Å². The summed E-state index contributed by atoms with van der Waals surface area (Å²) in [6.45, 7) is 0.497. The van der Waals surface area contributed by atoms with Crippen molar-refractivity contribution >= 4 is 23.4 Å². The van der Waals surface area contributed by atoms with Gasteiger partial charge in [-0.25, -0.2) is 4.39 Å². The van der Waals surface area contributed by atoms with Crippen molar-refractivity contribution in [2.24, 2.45) is 0 Å². The molecule has 0 aliphatic carbocycles. The lowest BCUT2D eigenvalue weighted by Gasteiger charge is -2.19. The molecular weight excluding hydrogens is 415 g/mol. The maximum atomic E-state index is 13.1. The van der Waals surface area contributed by atoms with Crippen LogP contribution >= 0.6 is 11.6 Å². The predicted molar refractivity (Wildman–Crippen MR) is 121 cm³/mol. The maximum absolute atomic E-state index is 13.1. The Kier molecular flexibility index (Phi) is 8.19. The molecule has 31 heavy (non-hydrogen) atoms. The number of benzene rings is 3. The van der Waals surface area contributed by atoms with Gasteiger partial charge >= 0.3 is 0 Å². The van der Waals surface area contributed by atoms with E-state index in [0.29, 0.717) is 23.6 Å². The van der Waals surface area contributed by atoms with E-state index in [9.17, 15) is 14.0 Å². The Morgan fingerprint density at radius 3 is 2.23 bits per heavy atom. The van der Waals surface area contributed by atoms with Crippen molar-refractivity contribution in [3.8, 4) is 0 Å². The van der Waals surface area contributed by atoms with Crippen molar-refractivity contribution in [3.63, 3.8) is 0 Å². The third kappa shape index (κ3) is 7.23. The van der Waals surface area contributed by atoms with E-state index in [0.717, 1.165) is 18.4 Å². The van der Waals surface area contributed by atoms with Crippen molar-refractivity contribution in [2.45, 2.75) is 25.3 Å². The van der Waals surface area contributed by atoms with Crippen LogP contribution in [0.5, 0.6) is 0 Å². The van der Waals surface area contributed by atoms with Crippen molar-refractivity contribution in [2.75, 3.05) is 6.54 Å². The highest BCUT2D eigenvalue weighted by atomic mass is 35.5. The minimum absolute atomic E-state index is 0.265. The number of carbonyl (C=O) groups excluding carboxylic acids is 2. The molecule has 6 heteroatoms. The number of hydrogen-bond donors (Lipinski definition) is 2. The van der Waals surface area contributed by atoms with Crippen molar-refractivity contribution in [3.05, 3.63) is 106 Å². The molecule has 0 fully saturated rings. The van der Waals surface area contributed by atoms with Gasteiger partial charge in [-0.2, -0.15) is 0 Å². The molecular formula is C25H24ClFN2O2. The molecule has 0 heterocycles. The molecule has 3 rings (SSSR count). The lowest BCUT2D eigenvalue weighted by molar-refractivity contribution is -0.122. The number of aryl methyl sites for hydroxylation is 1. The number of amides is 2.